The van der Waals surface area contributed by atoms with Gasteiger partial charge >= 0.3 is 5.97 Å². The van der Waals surface area contributed by atoms with Crippen LogP contribution < -0.4 is 0 Å². The lowest BCUT2D eigenvalue weighted by Gasteiger charge is -2.35. The second-order valence-corrected chi connectivity index (χ2v) is 6.56. The summed E-state index contributed by atoms with van der Waals surface area (Å²) < 4.78 is 4.81. The number of nitrogens with zero attached hydrogens (tertiary/aromatic N) is 1. The van der Waals surface area contributed by atoms with Crippen LogP contribution in [0.4, 0.5) is 0 Å². The van der Waals surface area contributed by atoms with E-state index in [0.29, 0.717) is 6.42 Å². The molecule has 3 heteroatoms. The molecule has 0 radical (unpaired) electrons. The van der Waals surface area contributed by atoms with Crippen molar-refractivity contribution in [3.8, 4) is 0 Å². The Morgan fingerprint density at radius 1 is 1.32 bits per heavy atom. The molecule has 2 aromatic rings. The molecule has 0 bridgehead atoms. The third-order valence-electron chi connectivity index (χ3n) is 5.04. The molecule has 22 heavy (non-hydrogen) atoms. The minimum atomic E-state index is -0.133. The molecule has 0 fully saturated rings. The number of hydrogen-bond donors (Lipinski definition) is 0. The van der Waals surface area contributed by atoms with Gasteiger partial charge in [-0.25, -0.2) is 0 Å². The van der Waals surface area contributed by atoms with E-state index in [-0.39, 0.29) is 11.4 Å². The van der Waals surface area contributed by atoms with Crippen LogP contribution >= 0.6 is 0 Å². The van der Waals surface area contributed by atoms with Gasteiger partial charge in [0.1, 0.15) is 0 Å². The van der Waals surface area contributed by atoms with Crippen LogP contribution in [0.15, 0.2) is 24.3 Å². The second-order valence-electron chi connectivity index (χ2n) is 6.56. The van der Waals surface area contributed by atoms with Crippen molar-refractivity contribution in [1.82, 2.24) is 4.98 Å². The van der Waals surface area contributed by atoms with Gasteiger partial charge in [-0.2, -0.15) is 0 Å². The van der Waals surface area contributed by atoms with E-state index >= 15 is 0 Å². The number of rotatable bonds is 3. The first-order chi connectivity index (χ1) is 10.5. The smallest absolute Gasteiger partial charge is 0.305 e. The lowest BCUT2D eigenvalue weighted by Crippen LogP contribution is -2.30. The van der Waals surface area contributed by atoms with Gasteiger partial charge in [0, 0.05) is 22.9 Å². The molecule has 3 nitrogen and oxygen atoms in total. The SMILES string of the molecule is COC(=O)CCC1(C)CCCc2c1nc(C)c1ccccc21. The molecule has 0 N–H and O–H groups in total. The molecule has 0 amide bonds. The Balaban J connectivity index is 2.08. The highest BCUT2D eigenvalue weighted by Gasteiger charge is 2.35. The minimum absolute atomic E-state index is 0.0312. The summed E-state index contributed by atoms with van der Waals surface area (Å²) in [5.41, 5.74) is 3.62. The fraction of sp³-hybridized carbons (Fsp3) is 0.474. The molecule has 0 saturated carbocycles. The molecule has 1 aliphatic rings. The van der Waals surface area contributed by atoms with Gasteiger partial charge in [-0.1, -0.05) is 31.2 Å². The maximum Gasteiger partial charge on any atom is 0.305 e. The Hall–Kier alpha value is -1.90. The summed E-state index contributed by atoms with van der Waals surface area (Å²) in [5, 5.41) is 2.58. The van der Waals surface area contributed by atoms with Crippen LogP contribution in [0, 0.1) is 6.92 Å². The molecule has 3 rings (SSSR count). The Labute approximate surface area is 131 Å². The number of ether oxygens (including phenoxy) is 1. The van der Waals surface area contributed by atoms with Crippen LogP contribution in [0.2, 0.25) is 0 Å². The molecular weight excluding hydrogens is 274 g/mol. The lowest BCUT2D eigenvalue weighted by molar-refractivity contribution is -0.141. The summed E-state index contributed by atoms with van der Waals surface area (Å²) in [6.45, 7) is 4.33. The zero-order chi connectivity index (χ0) is 15.7. The number of benzene rings is 1. The maximum atomic E-state index is 11.5. The van der Waals surface area contributed by atoms with Crippen LogP contribution in [0.1, 0.15) is 49.6 Å². The van der Waals surface area contributed by atoms with E-state index < -0.39 is 0 Å². The average Bonchev–Trinajstić information content (AvgIpc) is 2.54. The zero-order valence-corrected chi connectivity index (χ0v) is 13.6. The third kappa shape index (κ3) is 2.49. The van der Waals surface area contributed by atoms with Gasteiger partial charge < -0.3 is 4.74 Å². The molecular formula is C19H23NO2. The highest BCUT2D eigenvalue weighted by Crippen LogP contribution is 2.42. The van der Waals surface area contributed by atoms with Gasteiger partial charge in [-0.15, -0.1) is 0 Å². The first-order valence-electron chi connectivity index (χ1n) is 8.01. The van der Waals surface area contributed by atoms with Gasteiger partial charge in [0.15, 0.2) is 0 Å². The van der Waals surface area contributed by atoms with Gasteiger partial charge in [0.05, 0.1) is 12.8 Å². The number of esters is 1. The zero-order valence-electron chi connectivity index (χ0n) is 13.6. The molecule has 0 aliphatic heterocycles. The Morgan fingerprint density at radius 3 is 2.77 bits per heavy atom. The van der Waals surface area contributed by atoms with E-state index in [1.54, 1.807) is 0 Å². The van der Waals surface area contributed by atoms with Crippen molar-refractivity contribution in [2.45, 2.75) is 51.4 Å². The van der Waals surface area contributed by atoms with E-state index in [4.69, 9.17) is 9.72 Å². The predicted octanol–water partition coefficient (Wildman–Crippen LogP) is 4.09. The largest absolute Gasteiger partial charge is 0.469 e. The topological polar surface area (TPSA) is 39.2 Å². The first kappa shape index (κ1) is 15.0. The van der Waals surface area contributed by atoms with Gasteiger partial charge in [0.25, 0.3) is 0 Å². The van der Waals surface area contributed by atoms with Crippen molar-refractivity contribution in [2.75, 3.05) is 7.11 Å². The molecule has 1 atom stereocenters. The van der Waals surface area contributed by atoms with Gasteiger partial charge in [-0.05, 0) is 43.6 Å². The van der Waals surface area contributed by atoms with Crippen molar-refractivity contribution >= 4 is 16.7 Å². The molecule has 1 aliphatic carbocycles. The van der Waals surface area contributed by atoms with E-state index in [1.807, 2.05) is 0 Å². The van der Waals surface area contributed by atoms with Crippen molar-refractivity contribution in [1.29, 1.82) is 0 Å². The summed E-state index contributed by atoms with van der Waals surface area (Å²) in [7, 11) is 1.45. The van der Waals surface area contributed by atoms with Crippen LogP contribution in [-0.2, 0) is 21.4 Å². The number of carbonyl (C=O) groups excluding carboxylic acids is 1. The monoisotopic (exact) mass is 297 g/mol. The summed E-state index contributed by atoms with van der Waals surface area (Å²) >= 11 is 0. The molecule has 1 aromatic heterocycles. The molecule has 0 saturated heterocycles. The van der Waals surface area contributed by atoms with Crippen molar-refractivity contribution in [3.05, 3.63) is 41.2 Å². The van der Waals surface area contributed by atoms with Crippen molar-refractivity contribution < 1.29 is 9.53 Å². The number of methoxy groups -OCH3 is 1. The molecule has 116 valence electrons. The van der Waals surface area contributed by atoms with Gasteiger partial charge in [0.2, 0.25) is 0 Å². The van der Waals surface area contributed by atoms with Crippen molar-refractivity contribution in [3.63, 3.8) is 0 Å². The van der Waals surface area contributed by atoms with E-state index in [9.17, 15) is 4.79 Å². The van der Waals surface area contributed by atoms with E-state index in [0.717, 1.165) is 31.4 Å². The standard InChI is InChI=1S/C19H23NO2/c1-13-14-7-4-5-8-15(14)16-9-6-11-19(2,18(16)20-13)12-10-17(21)22-3/h4-5,7-8H,6,9-12H2,1-3H3. The average molecular weight is 297 g/mol. The summed E-state index contributed by atoms with van der Waals surface area (Å²) in [5.74, 6) is -0.133. The number of hydrogen-bond acceptors (Lipinski definition) is 3. The fourth-order valence-corrected chi connectivity index (χ4v) is 3.73. The highest BCUT2D eigenvalue weighted by molar-refractivity contribution is 5.88. The summed E-state index contributed by atoms with van der Waals surface area (Å²) in [6, 6.07) is 8.53. The fourth-order valence-electron chi connectivity index (χ4n) is 3.73. The Kier molecular flexibility index (Phi) is 3.90. The van der Waals surface area contributed by atoms with Gasteiger partial charge in [-0.3, -0.25) is 9.78 Å². The molecule has 1 unspecified atom stereocenters. The predicted molar refractivity (Wildman–Crippen MR) is 88.0 cm³/mol. The lowest BCUT2D eigenvalue weighted by atomic mass is 9.70. The number of pyridine rings is 1. The first-order valence-corrected chi connectivity index (χ1v) is 8.01. The normalized spacial score (nSPS) is 20.7. The maximum absolute atomic E-state index is 11.5. The van der Waals surface area contributed by atoms with Crippen LogP contribution in [0.25, 0.3) is 10.8 Å². The summed E-state index contributed by atoms with van der Waals surface area (Å²) in [6.07, 6.45) is 4.58. The van der Waals surface area contributed by atoms with Crippen LogP contribution in [0.3, 0.4) is 0 Å². The van der Waals surface area contributed by atoms with E-state index in [2.05, 4.69) is 38.1 Å². The van der Waals surface area contributed by atoms with E-state index in [1.165, 1.54) is 29.1 Å². The highest BCUT2D eigenvalue weighted by atomic mass is 16.5. The summed E-state index contributed by atoms with van der Waals surface area (Å²) in [4.78, 5) is 16.5. The third-order valence-corrected chi connectivity index (χ3v) is 5.04. The number of fused-ring (bicyclic) bond motifs is 3. The second kappa shape index (κ2) is 5.71. The Bertz CT molecular complexity index is 723. The quantitative estimate of drug-likeness (QED) is 0.801. The van der Waals surface area contributed by atoms with Crippen LogP contribution in [0.5, 0.6) is 0 Å². The van der Waals surface area contributed by atoms with Crippen LogP contribution in [-0.4, -0.2) is 18.1 Å². The molecule has 1 heterocycles. The Morgan fingerprint density at radius 2 is 2.05 bits per heavy atom. The van der Waals surface area contributed by atoms with Crippen molar-refractivity contribution in [2.24, 2.45) is 0 Å². The molecule has 1 aromatic carbocycles. The number of aromatic nitrogens is 1. The molecule has 0 spiro atoms. The number of aryl methyl sites for hydroxylation is 2. The number of carbonyl (C=O) groups is 1. The minimum Gasteiger partial charge on any atom is -0.469 e.